The maximum atomic E-state index is 12.8. The summed E-state index contributed by atoms with van der Waals surface area (Å²) in [6.45, 7) is 2.77. The highest BCUT2D eigenvalue weighted by atomic mass is 32.2. The molecule has 0 bridgehead atoms. The average Bonchev–Trinajstić information content (AvgIpc) is 3.19. The third kappa shape index (κ3) is 4.70. The van der Waals surface area contributed by atoms with Crippen molar-refractivity contribution in [3.8, 4) is 11.5 Å². The van der Waals surface area contributed by atoms with Crippen molar-refractivity contribution in [2.75, 3.05) is 13.2 Å². The van der Waals surface area contributed by atoms with Crippen LogP contribution in [0.3, 0.4) is 0 Å². The maximum Gasteiger partial charge on any atom is 0.322 e. The molecule has 7 heteroatoms. The number of pyridine rings is 1. The van der Waals surface area contributed by atoms with Gasteiger partial charge in [-0.3, -0.25) is 9.97 Å². The van der Waals surface area contributed by atoms with Crippen LogP contribution < -0.4 is 9.47 Å². The first-order chi connectivity index (χ1) is 14.2. The second kappa shape index (κ2) is 8.98. The standard InChI is InChI=1S/C22H21N3O3S/c1-16-20(15-29(26)22-24-18-9-5-6-10-19(18)25-22)23-12-11-21(16)28-14-13-27-17-7-3-2-4-8-17/h2-12H,13-15H2,1H3,(H,24,25). The van der Waals surface area contributed by atoms with E-state index < -0.39 is 11.2 Å². The molecule has 0 aliphatic rings. The van der Waals surface area contributed by atoms with Gasteiger partial charge in [0.05, 0.1) is 16.7 Å². The van der Waals surface area contributed by atoms with E-state index in [1.165, 1.54) is 0 Å². The van der Waals surface area contributed by atoms with Gasteiger partial charge in [-0.2, -0.15) is 4.98 Å². The number of aromatic amines is 1. The SMILES string of the molecule is Cc1c(OCCOc2ccccc2)ccnc1C[S+]([O-])c1nc2ccccc2[nH]1. The van der Waals surface area contributed by atoms with Gasteiger partial charge in [-0.05, 0) is 37.3 Å². The molecular weight excluding hydrogens is 386 g/mol. The number of rotatable bonds is 8. The summed E-state index contributed by atoms with van der Waals surface area (Å²) in [5.74, 6) is 1.79. The average molecular weight is 407 g/mol. The van der Waals surface area contributed by atoms with Crippen molar-refractivity contribution in [2.45, 2.75) is 17.8 Å². The van der Waals surface area contributed by atoms with Crippen molar-refractivity contribution in [3.05, 3.63) is 78.1 Å². The molecule has 2 aromatic carbocycles. The molecule has 0 saturated carbocycles. The van der Waals surface area contributed by atoms with E-state index in [0.717, 1.165) is 28.0 Å². The fourth-order valence-electron chi connectivity index (χ4n) is 2.92. The monoisotopic (exact) mass is 407 g/mol. The Bertz CT molecular complexity index is 1050. The Hall–Kier alpha value is -3.03. The summed E-state index contributed by atoms with van der Waals surface area (Å²) in [6, 6.07) is 19.1. The number of fused-ring (bicyclic) bond motifs is 1. The molecule has 0 aliphatic carbocycles. The molecule has 0 saturated heterocycles. The highest BCUT2D eigenvalue weighted by molar-refractivity contribution is 7.90. The van der Waals surface area contributed by atoms with Crippen molar-refractivity contribution < 1.29 is 14.0 Å². The van der Waals surface area contributed by atoms with Gasteiger partial charge in [0.25, 0.3) is 0 Å². The first-order valence-corrected chi connectivity index (χ1v) is 10.6. The minimum atomic E-state index is -1.33. The van der Waals surface area contributed by atoms with E-state index in [9.17, 15) is 4.55 Å². The Balaban J connectivity index is 1.38. The lowest BCUT2D eigenvalue weighted by Gasteiger charge is -2.13. The zero-order chi connectivity index (χ0) is 20.1. The second-order valence-corrected chi connectivity index (χ2v) is 7.81. The Morgan fingerprint density at radius 3 is 2.55 bits per heavy atom. The number of imidazole rings is 1. The van der Waals surface area contributed by atoms with Gasteiger partial charge in [0.15, 0.2) is 5.75 Å². The fraction of sp³-hybridized carbons (Fsp3) is 0.182. The topological polar surface area (TPSA) is 83.1 Å². The molecule has 0 amide bonds. The molecule has 0 radical (unpaired) electrons. The second-order valence-electron chi connectivity index (χ2n) is 6.44. The van der Waals surface area contributed by atoms with Crippen molar-refractivity contribution in [3.63, 3.8) is 0 Å². The number of aromatic nitrogens is 3. The third-order valence-electron chi connectivity index (χ3n) is 4.46. The van der Waals surface area contributed by atoms with Crippen LogP contribution in [-0.2, 0) is 16.9 Å². The molecule has 6 nitrogen and oxygen atoms in total. The number of ether oxygens (including phenoxy) is 2. The van der Waals surface area contributed by atoms with Crippen LogP contribution in [-0.4, -0.2) is 32.7 Å². The quantitative estimate of drug-likeness (QED) is 0.352. The number of benzene rings is 2. The van der Waals surface area contributed by atoms with Gasteiger partial charge < -0.3 is 14.0 Å². The number of para-hydroxylation sites is 3. The maximum absolute atomic E-state index is 12.8. The van der Waals surface area contributed by atoms with E-state index in [4.69, 9.17) is 9.47 Å². The van der Waals surface area contributed by atoms with E-state index in [-0.39, 0.29) is 5.75 Å². The van der Waals surface area contributed by atoms with Crippen molar-refractivity contribution in [2.24, 2.45) is 0 Å². The van der Waals surface area contributed by atoms with Crippen LogP contribution in [0.5, 0.6) is 11.5 Å². The summed E-state index contributed by atoms with van der Waals surface area (Å²) in [4.78, 5) is 11.9. The number of nitrogens with zero attached hydrogens (tertiary/aromatic N) is 2. The number of H-pyrrole nitrogens is 1. The van der Waals surface area contributed by atoms with E-state index in [0.29, 0.717) is 24.1 Å². The molecule has 1 unspecified atom stereocenters. The van der Waals surface area contributed by atoms with Gasteiger partial charge in [-0.1, -0.05) is 30.3 Å². The predicted octanol–water partition coefficient (Wildman–Crippen LogP) is 4.03. The van der Waals surface area contributed by atoms with E-state index in [1.807, 2.05) is 67.6 Å². The lowest BCUT2D eigenvalue weighted by Crippen LogP contribution is -2.12. The summed E-state index contributed by atoms with van der Waals surface area (Å²) < 4.78 is 24.3. The minimum Gasteiger partial charge on any atom is -0.609 e. The molecule has 2 heterocycles. The van der Waals surface area contributed by atoms with Crippen LogP contribution in [0.25, 0.3) is 11.0 Å². The molecule has 0 aliphatic heterocycles. The smallest absolute Gasteiger partial charge is 0.322 e. The van der Waals surface area contributed by atoms with Crippen LogP contribution in [0.4, 0.5) is 0 Å². The van der Waals surface area contributed by atoms with Crippen molar-refractivity contribution >= 4 is 22.2 Å². The van der Waals surface area contributed by atoms with Gasteiger partial charge >= 0.3 is 5.16 Å². The Morgan fingerprint density at radius 1 is 0.966 bits per heavy atom. The molecule has 0 fully saturated rings. The summed E-state index contributed by atoms with van der Waals surface area (Å²) in [6.07, 6.45) is 1.67. The van der Waals surface area contributed by atoms with Crippen LogP contribution >= 0.6 is 0 Å². The molecule has 2 aromatic heterocycles. The molecule has 4 aromatic rings. The zero-order valence-electron chi connectivity index (χ0n) is 16.0. The normalized spacial score (nSPS) is 12.1. The Labute approximate surface area is 172 Å². The lowest BCUT2D eigenvalue weighted by atomic mass is 10.2. The molecule has 148 valence electrons. The first kappa shape index (κ1) is 19.3. The molecule has 1 atom stereocenters. The van der Waals surface area contributed by atoms with Crippen molar-refractivity contribution in [1.82, 2.24) is 15.0 Å². The van der Waals surface area contributed by atoms with Gasteiger partial charge in [-0.25, -0.2) is 0 Å². The predicted molar refractivity (Wildman–Crippen MR) is 113 cm³/mol. The van der Waals surface area contributed by atoms with Crippen LogP contribution in [0.15, 0.2) is 72.0 Å². The third-order valence-corrected chi connectivity index (χ3v) is 5.62. The highest BCUT2D eigenvalue weighted by Crippen LogP contribution is 2.24. The molecule has 1 N–H and O–H groups in total. The zero-order valence-corrected chi connectivity index (χ0v) is 16.8. The van der Waals surface area contributed by atoms with Crippen LogP contribution in [0, 0.1) is 6.92 Å². The Morgan fingerprint density at radius 2 is 1.72 bits per heavy atom. The molecule has 0 spiro atoms. The summed E-state index contributed by atoms with van der Waals surface area (Å²) in [5, 5.41) is 0.454. The van der Waals surface area contributed by atoms with Crippen LogP contribution in [0.1, 0.15) is 11.3 Å². The van der Waals surface area contributed by atoms with E-state index >= 15 is 0 Å². The van der Waals surface area contributed by atoms with Gasteiger partial charge in [0.2, 0.25) is 0 Å². The fourth-order valence-corrected chi connectivity index (χ4v) is 4.02. The number of nitrogens with one attached hydrogen (secondary N) is 1. The summed E-state index contributed by atoms with van der Waals surface area (Å²) >= 11 is -1.33. The molecular formula is C22H21N3O3S. The first-order valence-electron chi connectivity index (χ1n) is 9.29. The van der Waals surface area contributed by atoms with E-state index in [1.54, 1.807) is 6.20 Å². The van der Waals surface area contributed by atoms with Crippen LogP contribution in [0.2, 0.25) is 0 Å². The highest BCUT2D eigenvalue weighted by Gasteiger charge is 2.20. The summed E-state index contributed by atoms with van der Waals surface area (Å²) in [7, 11) is 0. The minimum absolute atomic E-state index is 0.267. The largest absolute Gasteiger partial charge is 0.609 e. The van der Waals surface area contributed by atoms with E-state index in [2.05, 4.69) is 15.0 Å². The van der Waals surface area contributed by atoms with Crippen molar-refractivity contribution in [1.29, 1.82) is 0 Å². The van der Waals surface area contributed by atoms with Gasteiger partial charge in [0.1, 0.15) is 24.7 Å². The van der Waals surface area contributed by atoms with Gasteiger partial charge in [-0.15, -0.1) is 0 Å². The number of hydrogen-bond acceptors (Lipinski definition) is 5. The van der Waals surface area contributed by atoms with Gasteiger partial charge in [0, 0.05) is 22.9 Å². The number of hydrogen-bond donors (Lipinski definition) is 1. The lowest BCUT2D eigenvalue weighted by molar-refractivity contribution is 0.216. The summed E-state index contributed by atoms with van der Waals surface area (Å²) in [5.41, 5.74) is 3.27. The molecule has 29 heavy (non-hydrogen) atoms. The Kier molecular flexibility index (Phi) is 5.97. The molecule has 4 rings (SSSR count).